The van der Waals surface area contributed by atoms with Crippen LogP contribution in [0.5, 0.6) is 11.5 Å². The van der Waals surface area contributed by atoms with Crippen LogP contribution in [0.15, 0.2) is 30.6 Å². The third-order valence-corrected chi connectivity index (χ3v) is 3.86. The minimum absolute atomic E-state index is 0.129. The fourth-order valence-corrected chi connectivity index (χ4v) is 2.51. The van der Waals surface area contributed by atoms with Gasteiger partial charge in [-0.15, -0.1) is 0 Å². The van der Waals surface area contributed by atoms with E-state index in [0.29, 0.717) is 55.0 Å². The summed E-state index contributed by atoms with van der Waals surface area (Å²) in [4.78, 5) is 22.5. The third-order valence-electron chi connectivity index (χ3n) is 3.86. The van der Waals surface area contributed by atoms with Gasteiger partial charge in [0.25, 0.3) is 5.91 Å². The number of amides is 1. The molecule has 1 aliphatic rings. The van der Waals surface area contributed by atoms with Crippen LogP contribution in [0.3, 0.4) is 0 Å². The van der Waals surface area contributed by atoms with Crippen LogP contribution in [0.4, 0.5) is 11.5 Å². The van der Waals surface area contributed by atoms with Crippen molar-refractivity contribution in [2.24, 2.45) is 0 Å². The van der Waals surface area contributed by atoms with E-state index in [-0.39, 0.29) is 5.91 Å². The number of methoxy groups -OCH3 is 2. The Morgan fingerprint density at radius 1 is 1.16 bits per heavy atom. The number of rotatable bonds is 5. The molecule has 1 aromatic heterocycles. The highest BCUT2D eigenvalue weighted by molar-refractivity contribution is 5.93. The lowest BCUT2D eigenvalue weighted by Crippen LogP contribution is -2.41. The standard InChI is InChI=1S/C17H20N4O4/c1-23-12-3-4-13(15(9-12)24-2)20-16-10-14(18-11-19-16)17(22)21-5-7-25-8-6-21/h3-4,9-11H,5-8H2,1-2H3,(H,18,19,20). The van der Waals surface area contributed by atoms with Crippen molar-refractivity contribution in [1.29, 1.82) is 0 Å². The van der Waals surface area contributed by atoms with Gasteiger partial charge in [-0.2, -0.15) is 0 Å². The Labute approximate surface area is 145 Å². The number of benzene rings is 1. The topological polar surface area (TPSA) is 85.8 Å². The van der Waals surface area contributed by atoms with Crippen LogP contribution in [0.1, 0.15) is 10.5 Å². The highest BCUT2D eigenvalue weighted by Crippen LogP contribution is 2.31. The normalized spacial score (nSPS) is 14.1. The lowest BCUT2D eigenvalue weighted by atomic mass is 10.2. The molecule has 1 saturated heterocycles. The van der Waals surface area contributed by atoms with Crippen molar-refractivity contribution in [3.8, 4) is 11.5 Å². The monoisotopic (exact) mass is 344 g/mol. The maximum absolute atomic E-state index is 12.5. The number of nitrogens with zero attached hydrogens (tertiary/aromatic N) is 3. The summed E-state index contributed by atoms with van der Waals surface area (Å²) in [5.41, 5.74) is 1.05. The van der Waals surface area contributed by atoms with Gasteiger partial charge in [0.1, 0.15) is 29.3 Å². The number of hydrogen-bond acceptors (Lipinski definition) is 7. The first kappa shape index (κ1) is 17.0. The zero-order valence-corrected chi connectivity index (χ0v) is 14.2. The first-order valence-corrected chi connectivity index (χ1v) is 7.89. The summed E-state index contributed by atoms with van der Waals surface area (Å²) in [6.45, 7) is 2.23. The highest BCUT2D eigenvalue weighted by Gasteiger charge is 2.20. The van der Waals surface area contributed by atoms with E-state index < -0.39 is 0 Å². The Kier molecular flexibility index (Phi) is 5.30. The van der Waals surface area contributed by atoms with Crippen molar-refractivity contribution in [3.05, 3.63) is 36.3 Å². The molecule has 0 atom stereocenters. The number of carbonyl (C=O) groups excluding carboxylic acids is 1. The van der Waals surface area contributed by atoms with Gasteiger partial charge < -0.3 is 24.4 Å². The third kappa shape index (κ3) is 3.97. The fraction of sp³-hybridized carbons (Fsp3) is 0.353. The molecule has 2 aromatic rings. The van der Waals surface area contributed by atoms with Crippen LogP contribution in [0.25, 0.3) is 0 Å². The summed E-state index contributed by atoms with van der Waals surface area (Å²) in [6, 6.07) is 7.03. The quantitative estimate of drug-likeness (QED) is 0.883. The summed E-state index contributed by atoms with van der Waals surface area (Å²) in [7, 11) is 3.17. The molecule has 1 fully saturated rings. The average molecular weight is 344 g/mol. The van der Waals surface area contributed by atoms with Gasteiger partial charge in [-0.3, -0.25) is 4.79 Å². The largest absolute Gasteiger partial charge is 0.497 e. The molecule has 1 aromatic carbocycles. The molecule has 3 rings (SSSR count). The lowest BCUT2D eigenvalue weighted by Gasteiger charge is -2.26. The van der Waals surface area contributed by atoms with Crippen molar-refractivity contribution in [3.63, 3.8) is 0 Å². The van der Waals surface area contributed by atoms with Crippen molar-refractivity contribution in [1.82, 2.24) is 14.9 Å². The number of nitrogens with one attached hydrogen (secondary N) is 1. The summed E-state index contributed by atoms with van der Waals surface area (Å²) in [5, 5.41) is 3.15. The van der Waals surface area contributed by atoms with E-state index in [9.17, 15) is 4.79 Å². The molecular formula is C17H20N4O4. The Hall–Kier alpha value is -2.87. The fourth-order valence-electron chi connectivity index (χ4n) is 2.51. The van der Waals surface area contributed by atoms with Gasteiger partial charge in [0.05, 0.1) is 33.1 Å². The summed E-state index contributed by atoms with van der Waals surface area (Å²) in [5.74, 6) is 1.68. The molecule has 0 radical (unpaired) electrons. The number of anilines is 2. The zero-order chi connectivity index (χ0) is 17.6. The predicted octanol–water partition coefficient (Wildman–Crippen LogP) is 1.71. The minimum Gasteiger partial charge on any atom is -0.497 e. The number of carbonyl (C=O) groups is 1. The van der Waals surface area contributed by atoms with E-state index in [1.807, 2.05) is 12.1 Å². The summed E-state index contributed by atoms with van der Waals surface area (Å²) >= 11 is 0. The minimum atomic E-state index is -0.129. The average Bonchev–Trinajstić information content (AvgIpc) is 2.68. The molecule has 8 heteroatoms. The molecule has 1 aliphatic heterocycles. The van der Waals surface area contributed by atoms with Crippen LogP contribution < -0.4 is 14.8 Å². The van der Waals surface area contributed by atoms with Gasteiger partial charge >= 0.3 is 0 Å². The lowest BCUT2D eigenvalue weighted by molar-refractivity contribution is 0.0299. The smallest absolute Gasteiger partial charge is 0.272 e. The van der Waals surface area contributed by atoms with Gasteiger partial charge in [0.15, 0.2) is 0 Å². The predicted molar refractivity (Wildman–Crippen MR) is 91.6 cm³/mol. The van der Waals surface area contributed by atoms with E-state index >= 15 is 0 Å². The van der Waals surface area contributed by atoms with Crippen LogP contribution in [0.2, 0.25) is 0 Å². The number of aromatic nitrogens is 2. The Bertz CT molecular complexity index is 747. The van der Waals surface area contributed by atoms with Crippen LogP contribution >= 0.6 is 0 Å². The molecule has 0 aliphatic carbocycles. The molecule has 0 unspecified atom stereocenters. The zero-order valence-electron chi connectivity index (χ0n) is 14.2. The molecule has 132 valence electrons. The Morgan fingerprint density at radius 3 is 2.68 bits per heavy atom. The SMILES string of the molecule is COc1ccc(Nc2cc(C(=O)N3CCOCC3)ncn2)c(OC)c1. The number of morpholine rings is 1. The van der Waals surface area contributed by atoms with E-state index in [1.165, 1.54) is 6.33 Å². The van der Waals surface area contributed by atoms with Crippen LogP contribution in [-0.4, -0.2) is 61.3 Å². The van der Waals surface area contributed by atoms with Gasteiger partial charge in [0, 0.05) is 25.2 Å². The Balaban J connectivity index is 1.79. The molecule has 0 bridgehead atoms. The second-order valence-electron chi connectivity index (χ2n) is 5.38. The maximum Gasteiger partial charge on any atom is 0.272 e. The molecule has 0 saturated carbocycles. The van der Waals surface area contributed by atoms with E-state index in [0.717, 1.165) is 0 Å². The molecule has 8 nitrogen and oxygen atoms in total. The van der Waals surface area contributed by atoms with Crippen LogP contribution in [-0.2, 0) is 4.74 Å². The number of ether oxygens (including phenoxy) is 3. The molecule has 0 spiro atoms. The first-order chi connectivity index (χ1) is 12.2. The Morgan fingerprint density at radius 2 is 1.96 bits per heavy atom. The molecule has 1 amide bonds. The molecule has 25 heavy (non-hydrogen) atoms. The van der Waals surface area contributed by atoms with Crippen molar-refractivity contribution in [2.45, 2.75) is 0 Å². The first-order valence-electron chi connectivity index (χ1n) is 7.89. The van der Waals surface area contributed by atoms with Gasteiger partial charge in [-0.05, 0) is 12.1 Å². The van der Waals surface area contributed by atoms with E-state index in [1.54, 1.807) is 31.3 Å². The van der Waals surface area contributed by atoms with E-state index in [4.69, 9.17) is 14.2 Å². The highest BCUT2D eigenvalue weighted by atomic mass is 16.5. The van der Waals surface area contributed by atoms with Gasteiger partial charge in [-0.25, -0.2) is 9.97 Å². The summed E-state index contributed by atoms with van der Waals surface area (Å²) < 4.78 is 15.8. The second-order valence-corrected chi connectivity index (χ2v) is 5.38. The van der Waals surface area contributed by atoms with Gasteiger partial charge in [0.2, 0.25) is 0 Å². The molecule has 2 heterocycles. The van der Waals surface area contributed by atoms with Gasteiger partial charge in [-0.1, -0.05) is 0 Å². The van der Waals surface area contributed by atoms with E-state index in [2.05, 4.69) is 15.3 Å². The van der Waals surface area contributed by atoms with Crippen LogP contribution in [0, 0.1) is 0 Å². The number of hydrogen-bond donors (Lipinski definition) is 1. The second kappa shape index (κ2) is 7.80. The van der Waals surface area contributed by atoms with Crippen molar-refractivity contribution >= 4 is 17.4 Å². The van der Waals surface area contributed by atoms with Crippen molar-refractivity contribution < 1.29 is 19.0 Å². The summed E-state index contributed by atoms with van der Waals surface area (Å²) in [6.07, 6.45) is 1.37. The van der Waals surface area contributed by atoms with Crippen molar-refractivity contribution in [2.75, 3.05) is 45.8 Å². The molecule has 1 N–H and O–H groups in total. The molecular weight excluding hydrogens is 324 g/mol. The maximum atomic E-state index is 12.5.